The van der Waals surface area contributed by atoms with E-state index in [9.17, 15) is 9.00 Å². The number of benzene rings is 1. The molecule has 1 aliphatic heterocycles. The van der Waals surface area contributed by atoms with Gasteiger partial charge in [-0.2, -0.15) is 0 Å². The van der Waals surface area contributed by atoms with Crippen molar-refractivity contribution in [1.82, 2.24) is 4.90 Å². The summed E-state index contributed by atoms with van der Waals surface area (Å²) in [7, 11) is -1.05. The summed E-state index contributed by atoms with van der Waals surface area (Å²) in [6.07, 6.45) is 6.35. The van der Waals surface area contributed by atoms with E-state index in [0.717, 1.165) is 43.4 Å². The van der Waals surface area contributed by atoms with Gasteiger partial charge in [0.1, 0.15) is 0 Å². The molecule has 2 fully saturated rings. The largest absolute Gasteiger partial charge is 0.378 e. The Balaban J connectivity index is 1.47. The minimum Gasteiger partial charge on any atom is -0.378 e. The third kappa shape index (κ3) is 4.78. The number of carbonyl (C=O) groups excluding carboxylic acids is 1. The molecule has 0 spiro atoms. The van der Waals surface area contributed by atoms with Gasteiger partial charge in [-0.05, 0) is 49.8 Å². The van der Waals surface area contributed by atoms with Crippen molar-refractivity contribution < 1.29 is 13.7 Å². The lowest BCUT2D eigenvalue weighted by atomic mass is 10.1. The van der Waals surface area contributed by atoms with Gasteiger partial charge in [0.05, 0.1) is 6.10 Å². The van der Waals surface area contributed by atoms with Crippen molar-refractivity contribution in [3.05, 3.63) is 24.3 Å². The van der Waals surface area contributed by atoms with Crippen molar-refractivity contribution in [2.45, 2.75) is 36.7 Å². The normalized spacial score (nSPS) is 20.3. The van der Waals surface area contributed by atoms with E-state index in [1.807, 2.05) is 17.0 Å². The van der Waals surface area contributed by atoms with Crippen LogP contribution in [0.4, 0.5) is 10.5 Å². The summed E-state index contributed by atoms with van der Waals surface area (Å²) in [6.45, 7) is 2.33. The second kappa shape index (κ2) is 7.45. The van der Waals surface area contributed by atoms with E-state index in [2.05, 4.69) is 5.32 Å². The molecule has 2 amide bonds. The fraction of sp³-hybridized carbons (Fsp3) is 0.588. The maximum Gasteiger partial charge on any atom is 0.321 e. The molecule has 1 aromatic rings. The Labute approximate surface area is 139 Å². The second-order valence-corrected chi connectivity index (χ2v) is 7.75. The van der Waals surface area contributed by atoms with Crippen molar-refractivity contribution in [2.24, 2.45) is 5.92 Å². The molecule has 1 aromatic carbocycles. The molecule has 1 heterocycles. The summed E-state index contributed by atoms with van der Waals surface area (Å²) in [4.78, 5) is 14.9. The van der Waals surface area contributed by atoms with Crippen molar-refractivity contribution in [1.29, 1.82) is 0 Å². The van der Waals surface area contributed by atoms with E-state index in [4.69, 9.17) is 4.74 Å². The van der Waals surface area contributed by atoms with Crippen LogP contribution in [0, 0.1) is 5.92 Å². The summed E-state index contributed by atoms with van der Waals surface area (Å²) in [6, 6.07) is 7.10. The first-order valence-electron chi connectivity index (χ1n) is 8.23. The molecule has 1 aliphatic carbocycles. The van der Waals surface area contributed by atoms with Crippen LogP contribution in [-0.4, -0.2) is 47.2 Å². The molecule has 5 nitrogen and oxygen atoms in total. The van der Waals surface area contributed by atoms with Crippen LogP contribution in [0.3, 0.4) is 0 Å². The van der Waals surface area contributed by atoms with Gasteiger partial charge >= 0.3 is 6.03 Å². The van der Waals surface area contributed by atoms with Crippen molar-refractivity contribution in [2.75, 3.05) is 31.3 Å². The minimum absolute atomic E-state index is 0.0929. The van der Waals surface area contributed by atoms with E-state index in [-0.39, 0.29) is 6.03 Å². The van der Waals surface area contributed by atoms with Gasteiger partial charge in [0, 0.05) is 47.3 Å². The molecular weight excluding hydrogens is 312 g/mol. The molecule has 1 N–H and O–H groups in total. The number of piperidine rings is 1. The summed E-state index contributed by atoms with van der Waals surface area (Å²) in [5, 5.41) is 2.89. The number of anilines is 1. The van der Waals surface area contributed by atoms with Gasteiger partial charge in [-0.1, -0.05) is 6.07 Å². The molecule has 1 atom stereocenters. The number of urea groups is 1. The highest BCUT2D eigenvalue weighted by molar-refractivity contribution is 7.84. The van der Waals surface area contributed by atoms with Crippen molar-refractivity contribution in [3.63, 3.8) is 0 Å². The third-order valence-electron chi connectivity index (χ3n) is 4.41. The summed E-state index contributed by atoms with van der Waals surface area (Å²) >= 11 is 0. The Morgan fingerprint density at radius 2 is 2.04 bits per heavy atom. The predicted octanol–water partition coefficient (Wildman–Crippen LogP) is 2.85. The van der Waals surface area contributed by atoms with Crippen molar-refractivity contribution >= 4 is 22.5 Å². The first kappa shape index (κ1) is 16.5. The van der Waals surface area contributed by atoms with Gasteiger partial charge in [-0.3, -0.25) is 4.21 Å². The molecule has 3 rings (SSSR count). The number of hydrogen-bond acceptors (Lipinski definition) is 3. The second-order valence-electron chi connectivity index (χ2n) is 6.38. The number of carbonyl (C=O) groups is 1. The quantitative estimate of drug-likeness (QED) is 0.899. The predicted molar refractivity (Wildman–Crippen MR) is 91.1 cm³/mol. The fourth-order valence-corrected chi connectivity index (χ4v) is 3.30. The lowest BCUT2D eigenvalue weighted by molar-refractivity contribution is 0.0105. The number of nitrogens with zero attached hydrogens (tertiary/aromatic N) is 1. The zero-order valence-corrected chi connectivity index (χ0v) is 14.3. The maximum absolute atomic E-state index is 12.3. The number of likely N-dealkylation sites (tertiary alicyclic amines) is 1. The van der Waals surface area contributed by atoms with E-state index in [1.54, 1.807) is 18.4 Å². The minimum atomic E-state index is -1.05. The van der Waals surface area contributed by atoms with Crippen LogP contribution in [0.1, 0.15) is 25.7 Å². The molecule has 0 radical (unpaired) electrons. The zero-order valence-electron chi connectivity index (χ0n) is 13.5. The van der Waals surface area contributed by atoms with E-state index in [0.29, 0.717) is 11.8 Å². The van der Waals surface area contributed by atoms with Crippen LogP contribution in [0.2, 0.25) is 0 Å². The summed E-state index contributed by atoms with van der Waals surface area (Å²) < 4.78 is 17.4. The monoisotopic (exact) mass is 336 g/mol. The number of nitrogens with one attached hydrogen (secondary N) is 1. The van der Waals surface area contributed by atoms with Gasteiger partial charge in [-0.25, -0.2) is 4.79 Å². The molecule has 6 heteroatoms. The fourth-order valence-electron chi connectivity index (χ4n) is 2.74. The number of amides is 2. The summed E-state index contributed by atoms with van der Waals surface area (Å²) in [5.41, 5.74) is 0.690. The Kier molecular flexibility index (Phi) is 5.33. The van der Waals surface area contributed by atoms with Gasteiger partial charge in [0.25, 0.3) is 0 Å². The van der Waals surface area contributed by atoms with E-state index < -0.39 is 10.8 Å². The topological polar surface area (TPSA) is 58.6 Å². The molecule has 0 aromatic heterocycles. The average molecular weight is 336 g/mol. The molecule has 1 saturated heterocycles. The molecule has 2 aliphatic rings. The lowest BCUT2D eigenvalue weighted by Gasteiger charge is -2.32. The smallest absolute Gasteiger partial charge is 0.321 e. The Morgan fingerprint density at radius 1 is 1.30 bits per heavy atom. The highest BCUT2D eigenvalue weighted by Crippen LogP contribution is 2.30. The Morgan fingerprint density at radius 3 is 2.70 bits per heavy atom. The molecule has 126 valence electrons. The van der Waals surface area contributed by atoms with Crippen LogP contribution in [0.25, 0.3) is 0 Å². The van der Waals surface area contributed by atoms with Crippen molar-refractivity contribution in [3.8, 4) is 0 Å². The Hall–Kier alpha value is -1.40. The molecular formula is C17H24N2O3S. The first-order chi connectivity index (χ1) is 11.1. The molecule has 23 heavy (non-hydrogen) atoms. The third-order valence-corrected chi connectivity index (χ3v) is 5.33. The molecule has 0 unspecified atom stereocenters. The number of ether oxygens (including phenoxy) is 1. The SMILES string of the molecule is C[S@](=O)c1cccc(NC(=O)N2CCC(OCC3CC3)CC2)c1. The molecule has 1 saturated carbocycles. The van der Waals surface area contributed by atoms with Gasteiger partial charge in [0.15, 0.2) is 0 Å². The van der Waals surface area contributed by atoms with Crippen LogP contribution in [-0.2, 0) is 15.5 Å². The van der Waals surface area contributed by atoms with Crippen LogP contribution in [0.15, 0.2) is 29.2 Å². The lowest BCUT2D eigenvalue weighted by Crippen LogP contribution is -2.43. The van der Waals surface area contributed by atoms with E-state index >= 15 is 0 Å². The average Bonchev–Trinajstić information content (AvgIpc) is 3.38. The first-order valence-corrected chi connectivity index (χ1v) is 9.78. The van der Waals surface area contributed by atoms with Crippen LogP contribution in [0.5, 0.6) is 0 Å². The van der Waals surface area contributed by atoms with Crippen LogP contribution < -0.4 is 5.32 Å². The number of hydrogen-bond donors (Lipinski definition) is 1. The highest BCUT2D eigenvalue weighted by atomic mass is 32.2. The van der Waals surface area contributed by atoms with Gasteiger partial charge in [-0.15, -0.1) is 0 Å². The van der Waals surface area contributed by atoms with Gasteiger partial charge in [0.2, 0.25) is 0 Å². The number of rotatable bonds is 5. The maximum atomic E-state index is 12.3. The van der Waals surface area contributed by atoms with Gasteiger partial charge < -0.3 is 15.0 Å². The van der Waals surface area contributed by atoms with E-state index in [1.165, 1.54) is 12.8 Å². The highest BCUT2D eigenvalue weighted by Gasteiger charge is 2.26. The van der Waals surface area contributed by atoms with Crippen LogP contribution >= 0.6 is 0 Å². The summed E-state index contributed by atoms with van der Waals surface area (Å²) in [5.74, 6) is 0.785. The molecule has 0 bridgehead atoms. The standard InChI is InChI=1S/C17H24N2O3S/c1-23(21)16-4-2-3-14(11-16)18-17(20)19-9-7-15(8-10-19)22-12-13-5-6-13/h2-4,11,13,15H,5-10,12H2,1H3,(H,18,20)/t23-/m0/s1. The Bertz CT molecular complexity index is 581. The zero-order chi connectivity index (χ0) is 16.2.